The van der Waals surface area contributed by atoms with Gasteiger partial charge in [-0.2, -0.15) is 0 Å². The summed E-state index contributed by atoms with van der Waals surface area (Å²) >= 11 is 0. The van der Waals surface area contributed by atoms with Crippen molar-refractivity contribution < 1.29 is 4.21 Å². The van der Waals surface area contributed by atoms with Gasteiger partial charge in [-0.25, -0.2) is 0 Å². The van der Waals surface area contributed by atoms with E-state index in [0.717, 1.165) is 0 Å². The Hall–Kier alpha value is 0.0700. The molecule has 0 spiro atoms. The molecule has 6 heavy (non-hydrogen) atoms. The molecular weight excluding hydrogens is 100 g/mol. The second-order valence-corrected chi connectivity index (χ2v) is 2.32. The first-order chi connectivity index (χ1) is 2.81. The first-order valence-corrected chi connectivity index (χ1v) is 3.05. The Labute approximate surface area is 39.2 Å². The van der Waals surface area contributed by atoms with E-state index in [1.807, 2.05) is 0 Å². The Morgan fingerprint density at radius 1 is 1.33 bits per heavy atom. The Balaban J connectivity index is 2.99. The molecule has 0 aliphatic rings. The topological polar surface area (TPSA) is 69.1 Å². The molecule has 0 aromatic carbocycles. The van der Waals surface area contributed by atoms with Crippen LogP contribution in [-0.4, -0.2) is 16.0 Å². The zero-order valence-electron chi connectivity index (χ0n) is 3.39. The van der Waals surface area contributed by atoms with Crippen LogP contribution in [0.5, 0.6) is 0 Å². The summed E-state index contributed by atoms with van der Waals surface area (Å²) in [6.45, 7) is 0. The molecule has 4 N–H and O–H groups in total. The maximum atomic E-state index is 10.0. The Bertz CT molecular complexity index is 49.5. The van der Waals surface area contributed by atoms with Gasteiger partial charge in [-0.05, 0) is 0 Å². The van der Waals surface area contributed by atoms with Crippen LogP contribution < -0.4 is 11.5 Å². The van der Waals surface area contributed by atoms with Crippen molar-refractivity contribution in [1.82, 2.24) is 0 Å². The fraction of sp³-hybridized carbons (Fsp3) is 1.00. The number of hydrogen-bond donors (Lipinski definition) is 2. The molecule has 0 aromatic rings. The van der Waals surface area contributed by atoms with Crippen molar-refractivity contribution in [1.29, 1.82) is 0 Å². The molecule has 0 aromatic heterocycles. The normalized spacial score (nSPS) is 9.83. The van der Waals surface area contributed by atoms with Crippen molar-refractivity contribution in [2.45, 2.75) is 0 Å². The fourth-order valence-corrected chi connectivity index (χ4v) is 0.204. The van der Waals surface area contributed by atoms with Crippen molar-refractivity contribution in [2.24, 2.45) is 11.5 Å². The van der Waals surface area contributed by atoms with E-state index in [9.17, 15) is 4.21 Å². The lowest BCUT2D eigenvalue weighted by Crippen LogP contribution is -2.15. The van der Waals surface area contributed by atoms with Crippen LogP contribution in [0, 0.1) is 0 Å². The summed E-state index contributed by atoms with van der Waals surface area (Å²) in [4.78, 5) is 0. The van der Waals surface area contributed by atoms with E-state index in [0.29, 0.717) is 0 Å². The van der Waals surface area contributed by atoms with Gasteiger partial charge in [0.05, 0.1) is 11.8 Å². The number of rotatable bonds is 2. The molecule has 0 rings (SSSR count). The van der Waals surface area contributed by atoms with E-state index in [4.69, 9.17) is 11.5 Å². The molecule has 4 heteroatoms. The highest BCUT2D eigenvalue weighted by Crippen LogP contribution is 1.63. The van der Waals surface area contributed by atoms with Gasteiger partial charge < -0.3 is 11.5 Å². The average molecular weight is 108 g/mol. The third kappa shape index (κ3) is 2.32. The maximum Gasteiger partial charge on any atom is 0.0710 e. The van der Waals surface area contributed by atoms with Crippen LogP contribution >= 0.6 is 0 Å². The summed E-state index contributed by atoms with van der Waals surface area (Å²) in [6.07, 6.45) is 0. The smallest absolute Gasteiger partial charge is 0.0710 e. The highest BCUT2D eigenvalue weighted by atomic mass is 32.2. The van der Waals surface area contributed by atoms with Crippen LogP contribution in [0.15, 0.2) is 0 Å². The van der Waals surface area contributed by atoms with E-state index in [1.165, 1.54) is 0 Å². The number of hydrogen-bond acceptors (Lipinski definition) is 3. The molecule has 0 saturated carbocycles. The summed E-state index contributed by atoms with van der Waals surface area (Å²) in [5, 5.41) is 0. The van der Waals surface area contributed by atoms with Gasteiger partial charge in [-0.15, -0.1) is 0 Å². The summed E-state index contributed by atoms with van der Waals surface area (Å²) in [5.74, 6) is 0.354. The molecule has 3 nitrogen and oxygen atoms in total. The van der Waals surface area contributed by atoms with Crippen molar-refractivity contribution in [3.63, 3.8) is 0 Å². The molecule has 0 amide bonds. The molecule has 0 aliphatic carbocycles. The minimum Gasteiger partial charge on any atom is -0.320 e. The second kappa shape index (κ2) is 3.27. The average Bonchev–Trinajstić information content (AvgIpc) is 1.65. The van der Waals surface area contributed by atoms with Gasteiger partial charge >= 0.3 is 0 Å². The van der Waals surface area contributed by atoms with Crippen LogP contribution in [0.25, 0.3) is 0 Å². The number of nitrogens with two attached hydrogens (primary N) is 2. The lowest BCUT2D eigenvalue weighted by atomic mass is 11.5. The Morgan fingerprint density at radius 2 is 1.67 bits per heavy atom. The Kier molecular flexibility index (Phi) is 3.31. The van der Waals surface area contributed by atoms with Crippen LogP contribution in [0.1, 0.15) is 0 Å². The molecule has 0 fully saturated rings. The van der Waals surface area contributed by atoms with Gasteiger partial charge in [0.1, 0.15) is 0 Å². The van der Waals surface area contributed by atoms with Gasteiger partial charge in [-0.1, -0.05) is 0 Å². The summed E-state index contributed by atoms with van der Waals surface area (Å²) in [5.41, 5.74) is 9.80. The van der Waals surface area contributed by atoms with Gasteiger partial charge in [0, 0.05) is 10.8 Å². The highest BCUT2D eigenvalue weighted by Gasteiger charge is 1.83. The fourth-order valence-electron chi connectivity index (χ4n) is 0.0680. The molecule has 0 aliphatic heterocycles. The van der Waals surface area contributed by atoms with Gasteiger partial charge in [0.15, 0.2) is 0 Å². The first kappa shape index (κ1) is 6.07. The monoisotopic (exact) mass is 108 g/mol. The molecule has 0 saturated heterocycles. The predicted molar refractivity (Wildman–Crippen MR) is 26.3 cm³/mol. The molecule has 0 bridgehead atoms. The van der Waals surface area contributed by atoms with Crippen LogP contribution in [-0.2, 0) is 10.8 Å². The molecular formula is C2H8N2OS. The zero-order chi connectivity index (χ0) is 4.99. The predicted octanol–water partition coefficient (Wildman–Crippen LogP) is -1.43. The largest absolute Gasteiger partial charge is 0.320 e. The van der Waals surface area contributed by atoms with E-state index >= 15 is 0 Å². The van der Waals surface area contributed by atoms with Crippen molar-refractivity contribution in [3.8, 4) is 0 Å². The van der Waals surface area contributed by atoms with Crippen molar-refractivity contribution in [2.75, 3.05) is 11.8 Å². The maximum absolute atomic E-state index is 10.0. The first-order valence-electron chi connectivity index (χ1n) is 1.56. The van der Waals surface area contributed by atoms with E-state index in [-0.39, 0.29) is 11.8 Å². The summed E-state index contributed by atoms with van der Waals surface area (Å²) < 4.78 is 10.0. The molecule has 0 heterocycles. The zero-order valence-corrected chi connectivity index (χ0v) is 4.20. The SMILES string of the molecule is NCS(=O)CN. The van der Waals surface area contributed by atoms with Crippen molar-refractivity contribution >= 4 is 10.8 Å². The molecule has 0 unspecified atom stereocenters. The lowest BCUT2D eigenvalue weighted by molar-refractivity contribution is 0.683. The van der Waals surface area contributed by atoms with Crippen LogP contribution in [0.4, 0.5) is 0 Å². The summed E-state index contributed by atoms with van der Waals surface area (Å²) in [7, 11) is -0.978. The van der Waals surface area contributed by atoms with E-state index < -0.39 is 10.8 Å². The Morgan fingerprint density at radius 3 is 1.67 bits per heavy atom. The summed E-state index contributed by atoms with van der Waals surface area (Å²) in [6, 6.07) is 0. The standard InChI is InChI=1S/C2H8N2OS/c3-1-6(5)2-4/h1-4H2. The van der Waals surface area contributed by atoms with Crippen LogP contribution in [0.2, 0.25) is 0 Å². The van der Waals surface area contributed by atoms with Crippen molar-refractivity contribution in [3.05, 3.63) is 0 Å². The highest BCUT2D eigenvalue weighted by molar-refractivity contribution is 7.84. The molecule has 0 radical (unpaired) electrons. The van der Waals surface area contributed by atoms with Gasteiger partial charge in [0.2, 0.25) is 0 Å². The third-order valence-electron chi connectivity index (χ3n) is 0.372. The van der Waals surface area contributed by atoms with Crippen LogP contribution in [0.3, 0.4) is 0 Å². The van der Waals surface area contributed by atoms with E-state index in [2.05, 4.69) is 0 Å². The lowest BCUT2D eigenvalue weighted by Gasteiger charge is -1.85. The molecule has 0 atom stereocenters. The van der Waals surface area contributed by atoms with Gasteiger partial charge in [-0.3, -0.25) is 4.21 Å². The minimum atomic E-state index is -0.978. The third-order valence-corrected chi connectivity index (χ3v) is 1.12. The minimum absolute atomic E-state index is 0.177. The van der Waals surface area contributed by atoms with E-state index in [1.54, 1.807) is 0 Å². The van der Waals surface area contributed by atoms with Gasteiger partial charge in [0.25, 0.3) is 0 Å². The molecule has 38 valence electrons. The quantitative estimate of drug-likeness (QED) is 0.455. The second-order valence-electron chi connectivity index (χ2n) is 0.773.